The average molecular weight is 386 g/mol. The molecule has 0 saturated heterocycles. The van der Waals surface area contributed by atoms with Gasteiger partial charge in [-0.1, -0.05) is 34.8 Å². The molecule has 7 heteroatoms. The molecule has 0 bridgehead atoms. The Morgan fingerprint density at radius 2 is 1.91 bits per heavy atom. The van der Waals surface area contributed by atoms with Crippen LogP contribution in [0.3, 0.4) is 0 Å². The van der Waals surface area contributed by atoms with Gasteiger partial charge in [-0.15, -0.1) is 11.3 Å². The van der Waals surface area contributed by atoms with E-state index in [2.05, 4.69) is 4.98 Å². The number of hydrogen-bond acceptors (Lipinski definition) is 4. The molecule has 0 aliphatic carbocycles. The fraction of sp³-hybridized carbons (Fsp3) is 0.125. The molecule has 2 aromatic heterocycles. The Labute approximate surface area is 152 Å². The van der Waals surface area contributed by atoms with Crippen LogP contribution >= 0.6 is 46.1 Å². The van der Waals surface area contributed by atoms with Crippen LogP contribution in [0.2, 0.25) is 15.1 Å². The minimum absolute atomic E-state index is 0.250. The first-order valence-corrected chi connectivity index (χ1v) is 8.60. The maximum Gasteiger partial charge on any atom is 0.206 e. The number of ketones is 1. The number of nitrogens with two attached hydrogens (primary N) is 1. The third kappa shape index (κ3) is 2.70. The topological polar surface area (TPSA) is 56.0 Å². The zero-order chi connectivity index (χ0) is 16.9. The second-order valence-electron chi connectivity index (χ2n) is 5.11. The normalized spacial score (nSPS) is 11.2. The standard InChI is InChI=1S/C16H11Cl3N2OS/c1-6-11-13(20)15(23-16(11)21-7(2)12(6)19)14(22)9-4-3-8(17)5-10(9)18/h3-5H,20H2,1-2H3. The van der Waals surface area contributed by atoms with E-state index in [0.717, 1.165) is 10.9 Å². The summed E-state index contributed by atoms with van der Waals surface area (Å²) in [6.07, 6.45) is 0. The number of anilines is 1. The van der Waals surface area contributed by atoms with Crippen molar-refractivity contribution in [3.8, 4) is 0 Å². The maximum absolute atomic E-state index is 12.8. The SMILES string of the molecule is Cc1nc2sc(C(=O)c3ccc(Cl)cc3Cl)c(N)c2c(C)c1Cl. The van der Waals surface area contributed by atoms with Crippen LogP contribution in [-0.2, 0) is 0 Å². The first-order valence-electron chi connectivity index (χ1n) is 6.65. The van der Waals surface area contributed by atoms with Crippen molar-refractivity contribution in [1.82, 2.24) is 4.98 Å². The van der Waals surface area contributed by atoms with E-state index in [4.69, 9.17) is 40.5 Å². The summed E-state index contributed by atoms with van der Waals surface area (Å²) in [6.45, 7) is 3.69. The molecule has 3 aromatic rings. The lowest BCUT2D eigenvalue weighted by molar-refractivity contribution is 0.104. The van der Waals surface area contributed by atoms with E-state index in [1.807, 2.05) is 13.8 Å². The molecule has 0 spiro atoms. The molecular weight excluding hydrogens is 375 g/mol. The molecule has 3 nitrogen and oxygen atoms in total. The summed E-state index contributed by atoms with van der Waals surface area (Å²) in [5.41, 5.74) is 8.47. The molecule has 0 atom stereocenters. The number of aryl methyl sites for hydroxylation is 2. The molecule has 0 aliphatic rings. The highest BCUT2D eigenvalue weighted by molar-refractivity contribution is 7.21. The summed E-state index contributed by atoms with van der Waals surface area (Å²) in [4.78, 5) is 18.3. The third-order valence-electron chi connectivity index (χ3n) is 3.60. The van der Waals surface area contributed by atoms with Gasteiger partial charge in [-0.25, -0.2) is 4.98 Å². The van der Waals surface area contributed by atoms with Crippen LogP contribution in [0, 0.1) is 13.8 Å². The molecule has 0 fully saturated rings. The van der Waals surface area contributed by atoms with Gasteiger partial charge in [-0.2, -0.15) is 0 Å². The Morgan fingerprint density at radius 3 is 2.57 bits per heavy atom. The van der Waals surface area contributed by atoms with Crippen molar-refractivity contribution >= 4 is 67.8 Å². The van der Waals surface area contributed by atoms with Crippen molar-refractivity contribution in [3.05, 3.63) is 55.0 Å². The van der Waals surface area contributed by atoms with Crippen LogP contribution in [-0.4, -0.2) is 10.8 Å². The summed E-state index contributed by atoms with van der Waals surface area (Å²) in [5.74, 6) is -0.250. The van der Waals surface area contributed by atoms with Crippen molar-refractivity contribution in [2.45, 2.75) is 13.8 Å². The van der Waals surface area contributed by atoms with Gasteiger partial charge in [-0.05, 0) is 37.6 Å². The molecule has 0 aliphatic heterocycles. The fourth-order valence-electron chi connectivity index (χ4n) is 2.42. The van der Waals surface area contributed by atoms with E-state index in [1.165, 1.54) is 17.4 Å². The van der Waals surface area contributed by atoms with Gasteiger partial charge in [-0.3, -0.25) is 4.79 Å². The van der Waals surface area contributed by atoms with Gasteiger partial charge in [0.2, 0.25) is 5.78 Å². The van der Waals surface area contributed by atoms with Crippen LogP contribution in [0.25, 0.3) is 10.2 Å². The number of rotatable bonds is 2. The van der Waals surface area contributed by atoms with Gasteiger partial charge < -0.3 is 5.73 Å². The van der Waals surface area contributed by atoms with Crippen molar-refractivity contribution in [1.29, 1.82) is 0 Å². The number of carbonyl (C=O) groups is 1. The molecule has 23 heavy (non-hydrogen) atoms. The largest absolute Gasteiger partial charge is 0.397 e. The molecular formula is C16H11Cl3N2OS. The van der Waals surface area contributed by atoms with Gasteiger partial charge in [0, 0.05) is 16.0 Å². The molecule has 1 aromatic carbocycles. The second-order valence-corrected chi connectivity index (χ2v) is 7.34. The Hall–Kier alpha value is -1.33. The number of hydrogen-bond donors (Lipinski definition) is 1. The molecule has 0 saturated carbocycles. The van der Waals surface area contributed by atoms with Crippen LogP contribution in [0.15, 0.2) is 18.2 Å². The number of benzene rings is 1. The van der Waals surface area contributed by atoms with Crippen LogP contribution < -0.4 is 5.73 Å². The molecule has 0 unspecified atom stereocenters. The van der Waals surface area contributed by atoms with Gasteiger partial charge in [0.1, 0.15) is 9.71 Å². The van der Waals surface area contributed by atoms with Crippen LogP contribution in [0.1, 0.15) is 26.5 Å². The van der Waals surface area contributed by atoms with Crippen molar-refractivity contribution in [3.63, 3.8) is 0 Å². The predicted molar refractivity (Wildman–Crippen MR) is 98.4 cm³/mol. The molecule has 0 radical (unpaired) electrons. The number of nitrogen functional groups attached to an aromatic ring is 1. The number of halogens is 3. The van der Waals surface area contributed by atoms with E-state index < -0.39 is 0 Å². The molecule has 2 heterocycles. The quantitative estimate of drug-likeness (QED) is 0.577. The Bertz CT molecular complexity index is 966. The van der Waals surface area contributed by atoms with E-state index >= 15 is 0 Å². The van der Waals surface area contributed by atoms with E-state index in [-0.39, 0.29) is 5.78 Å². The molecule has 118 valence electrons. The Kier molecular flexibility index (Phi) is 4.27. The van der Waals surface area contributed by atoms with Crippen molar-refractivity contribution in [2.75, 3.05) is 5.73 Å². The summed E-state index contributed by atoms with van der Waals surface area (Å²) in [7, 11) is 0. The molecule has 3 rings (SSSR count). The van der Waals surface area contributed by atoms with Crippen LogP contribution in [0.4, 0.5) is 5.69 Å². The Balaban J connectivity index is 2.22. The summed E-state index contributed by atoms with van der Waals surface area (Å²) in [5, 5.41) is 2.04. The van der Waals surface area contributed by atoms with Gasteiger partial charge in [0.05, 0.1) is 21.4 Å². The molecule has 0 amide bonds. The first-order chi connectivity index (χ1) is 10.8. The molecule has 2 N–H and O–H groups in total. The minimum atomic E-state index is -0.250. The number of thiophene rings is 1. The highest BCUT2D eigenvalue weighted by atomic mass is 35.5. The summed E-state index contributed by atoms with van der Waals surface area (Å²) >= 11 is 19.5. The number of aromatic nitrogens is 1. The van der Waals surface area contributed by atoms with E-state index in [0.29, 0.717) is 41.7 Å². The highest BCUT2D eigenvalue weighted by Gasteiger charge is 2.23. The maximum atomic E-state index is 12.8. The number of nitrogens with zero attached hydrogens (tertiary/aromatic N) is 1. The first kappa shape index (κ1) is 16.5. The second kappa shape index (κ2) is 5.95. The lowest BCUT2D eigenvalue weighted by Gasteiger charge is -2.05. The van der Waals surface area contributed by atoms with Gasteiger partial charge in [0.25, 0.3) is 0 Å². The van der Waals surface area contributed by atoms with Crippen LogP contribution in [0.5, 0.6) is 0 Å². The lowest BCUT2D eigenvalue weighted by atomic mass is 10.1. The average Bonchev–Trinajstić information content (AvgIpc) is 2.81. The predicted octanol–water partition coefficient (Wildman–Crippen LogP) is 5.69. The number of fused-ring (bicyclic) bond motifs is 1. The summed E-state index contributed by atoms with van der Waals surface area (Å²) < 4.78 is 0. The smallest absolute Gasteiger partial charge is 0.206 e. The zero-order valence-electron chi connectivity index (χ0n) is 12.2. The third-order valence-corrected chi connectivity index (χ3v) is 5.80. The van der Waals surface area contributed by atoms with E-state index in [9.17, 15) is 4.79 Å². The Morgan fingerprint density at radius 1 is 1.22 bits per heavy atom. The highest BCUT2D eigenvalue weighted by Crippen LogP contribution is 2.39. The monoisotopic (exact) mass is 384 g/mol. The van der Waals surface area contributed by atoms with Crippen molar-refractivity contribution < 1.29 is 4.79 Å². The minimum Gasteiger partial charge on any atom is -0.397 e. The number of carbonyl (C=O) groups excluding carboxylic acids is 1. The summed E-state index contributed by atoms with van der Waals surface area (Å²) in [6, 6.07) is 4.74. The van der Waals surface area contributed by atoms with E-state index in [1.54, 1.807) is 12.1 Å². The zero-order valence-corrected chi connectivity index (χ0v) is 15.3. The number of pyridine rings is 1. The fourth-order valence-corrected chi connectivity index (χ4v) is 4.21. The van der Waals surface area contributed by atoms with Gasteiger partial charge >= 0.3 is 0 Å². The lowest BCUT2D eigenvalue weighted by Crippen LogP contribution is -2.03. The van der Waals surface area contributed by atoms with Gasteiger partial charge in [0.15, 0.2) is 0 Å². The van der Waals surface area contributed by atoms with Crippen molar-refractivity contribution in [2.24, 2.45) is 0 Å².